The van der Waals surface area contributed by atoms with Crippen LogP contribution in [-0.4, -0.2) is 9.97 Å². The van der Waals surface area contributed by atoms with Gasteiger partial charge < -0.3 is 5.73 Å². The van der Waals surface area contributed by atoms with Crippen molar-refractivity contribution in [2.75, 3.05) is 5.73 Å². The average molecular weight is 279 g/mol. The lowest BCUT2D eigenvalue weighted by Gasteiger charge is -1.93. The van der Waals surface area contributed by atoms with Crippen molar-refractivity contribution in [1.29, 1.82) is 0 Å². The van der Waals surface area contributed by atoms with Crippen LogP contribution >= 0.6 is 34.2 Å². The van der Waals surface area contributed by atoms with E-state index in [-0.39, 0.29) is 5.95 Å². The smallest absolute Gasteiger partial charge is 0.222 e. The number of rotatable bonds is 0. The largest absolute Gasteiger partial charge is 0.368 e. The topological polar surface area (TPSA) is 51.8 Å². The molecule has 0 spiro atoms. The van der Waals surface area contributed by atoms with Gasteiger partial charge in [-0.3, -0.25) is 0 Å². The second kappa shape index (κ2) is 3.74. The fourth-order valence-electron chi connectivity index (χ4n) is 0.548. The number of nitrogens with zero attached hydrogens (tertiary/aromatic N) is 2. The molecule has 0 atom stereocenters. The van der Waals surface area contributed by atoms with Gasteiger partial charge in [0.05, 0.1) is 0 Å². The zero-order valence-corrected chi connectivity index (χ0v) is 8.22. The summed E-state index contributed by atoms with van der Waals surface area (Å²) in [4.78, 5) is 7.51. The minimum Gasteiger partial charge on any atom is -0.368 e. The number of hydrogen-bond acceptors (Lipinski definition) is 3. The van der Waals surface area contributed by atoms with E-state index in [1.165, 1.54) is 0 Å². The third kappa shape index (κ3) is 2.52. The number of anilines is 1. The molecule has 0 aromatic carbocycles. The van der Waals surface area contributed by atoms with Crippen LogP contribution in [0.1, 0.15) is 5.69 Å². The molecule has 0 unspecified atom stereocenters. The van der Waals surface area contributed by atoms with Gasteiger partial charge in [0.15, 0.2) is 0 Å². The Morgan fingerprint density at radius 1 is 1.55 bits per heavy atom. The maximum Gasteiger partial charge on any atom is 0.222 e. The third-order valence-electron chi connectivity index (χ3n) is 0.887. The zero-order chi connectivity index (χ0) is 8.27. The predicted molar refractivity (Wildman–Crippen MR) is 52.4 cm³/mol. The van der Waals surface area contributed by atoms with E-state index in [0.29, 0.717) is 10.8 Å². The summed E-state index contributed by atoms with van der Waals surface area (Å²) in [5.74, 6) is 2.86. The van der Waals surface area contributed by atoms with Gasteiger partial charge in [-0.05, 0) is 9.85 Å². The summed E-state index contributed by atoms with van der Waals surface area (Å²) in [5, 5.41) is 0.312. The van der Waals surface area contributed by atoms with E-state index in [1.807, 2.05) is 22.6 Å². The molecule has 11 heavy (non-hydrogen) atoms. The van der Waals surface area contributed by atoms with Crippen LogP contribution in [0, 0.1) is 9.85 Å². The number of halogens is 2. The Morgan fingerprint density at radius 3 is 2.82 bits per heavy atom. The Kier molecular flexibility index (Phi) is 2.91. The van der Waals surface area contributed by atoms with Gasteiger partial charge in [-0.25, -0.2) is 9.97 Å². The van der Waals surface area contributed by atoms with E-state index >= 15 is 0 Å². The molecule has 5 heteroatoms. The van der Waals surface area contributed by atoms with Gasteiger partial charge in [-0.1, -0.05) is 11.6 Å². The van der Waals surface area contributed by atoms with Crippen LogP contribution in [0.3, 0.4) is 0 Å². The Balaban J connectivity index is 3.15. The summed E-state index contributed by atoms with van der Waals surface area (Å²) in [6.07, 6.45) is 0. The fraction of sp³-hybridized carbons (Fsp3) is 0. The van der Waals surface area contributed by atoms with Crippen LogP contribution in [0.2, 0.25) is 5.15 Å². The zero-order valence-electron chi connectivity index (χ0n) is 5.31. The second-order valence-corrected chi connectivity index (χ2v) is 2.58. The first-order valence-corrected chi connectivity index (χ1v) is 4.10. The maximum absolute atomic E-state index is 5.58. The molecule has 0 aliphatic rings. The average Bonchev–Trinajstić information content (AvgIpc) is 1.85. The molecular formula is C6H3ClIN3. The molecule has 0 saturated carbocycles. The van der Waals surface area contributed by atoms with Crippen LogP contribution < -0.4 is 5.73 Å². The van der Waals surface area contributed by atoms with Crippen molar-refractivity contribution >= 4 is 40.1 Å². The van der Waals surface area contributed by atoms with Gasteiger partial charge in [0.2, 0.25) is 5.95 Å². The van der Waals surface area contributed by atoms with Gasteiger partial charge in [-0.2, -0.15) is 0 Å². The van der Waals surface area contributed by atoms with E-state index < -0.39 is 0 Å². The van der Waals surface area contributed by atoms with Crippen molar-refractivity contribution in [3.63, 3.8) is 0 Å². The van der Waals surface area contributed by atoms with Crippen LogP contribution in [-0.2, 0) is 0 Å². The summed E-state index contributed by atoms with van der Waals surface area (Å²) in [5.41, 5.74) is 5.85. The van der Waals surface area contributed by atoms with Crippen LogP contribution in [0.5, 0.6) is 0 Å². The highest BCUT2D eigenvalue weighted by molar-refractivity contribution is 14.1. The first-order chi connectivity index (χ1) is 5.22. The summed E-state index contributed by atoms with van der Waals surface area (Å²) >= 11 is 7.49. The molecular weight excluding hydrogens is 276 g/mol. The van der Waals surface area contributed by atoms with Crippen LogP contribution in [0.4, 0.5) is 5.95 Å². The van der Waals surface area contributed by atoms with Crippen LogP contribution in [0.25, 0.3) is 0 Å². The monoisotopic (exact) mass is 279 g/mol. The van der Waals surface area contributed by atoms with Crippen molar-refractivity contribution < 1.29 is 0 Å². The molecule has 0 fully saturated rings. The molecule has 3 nitrogen and oxygen atoms in total. The fourth-order valence-corrected chi connectivity index (χ4v) is 1.01. The molecule has 0 saturated heterocycles. The van der Waals surface area contributed by atoms with Gasteiger partial charge in [0, 0.05) is 28.7 Å². The summed E-state index contributed by atoms with van der Waals surface area (Å²) in [7, 11) is 0. The molecule has 1 aromatic rings. The summed E-state index contributed by atoms with van der Waals surface area (Å²) in [6.45, 7) is 0. The Bertz CT molecular complexity index is 308. The van der Waals surface area contributed by atoms with Crippen molar-refractivity contribution in [3.05, 3.63) is 16.9 Å². The highest BCUT2D eigenvalue weighted by Gasteiger charge is 1.95. The molecule has 0 aliphatic heterocycles. The third-order valence-corrected chi connectivity index (χ3v) is 1.35. The van der Waals surface area contributed by atoms with E-state index in [1.54, 1.807) is 6.07 Å². The molecule has 0 radical (unpaired) electrons. The molecule has 56 valence electrons. The number of hydrogen-bond donors (Lipinski definition) is 1. The van der Waals surface area contributed by atoms with E-state index in [0.717, 1.165) is 0 Å². The molecule has 1 heterocycles. The molecule has 1 aromatic heterocycles. The van der Waals surface area contributed by atoms with E-state index in [9.17, 15) is 0 Å². The lowest BCUT2D eigenvalue weighted by atomic mass is 10.4. The molecule has 0 aliphatic carbocycles. The van der Waals surface area contributed by atoms with E-state index in [4.69, 9.17) is 17.3 Å². The van der Waals surface area contributed by atoms with Gasteiger partial charge >= 0.3 is 0 Å². The Labute approximate surface area is 82.5 Å². The summed E-state index contributed by atoms with van der Waals surface area (Å²) in [6, 6.07) is 1.56. The number of aromatic nitrogens is 2. The first kappa shape index (κ1) is 8.56. The standard InChI is InChI=1S/C6H3ClIN3/c7-5-3-4(1-2-8)10-6(9)11-5/h3H,(H2,9,10,11). The van der Waals surface area contributed by atoms with E-state index in [2.05, 4.69) is 19.8 Å². The summed E-state index contributed by atoms with van der Waals surface area (Å²) < 4.78 is 2.65. The Hall–Kier alpha value is -0.540. The minimum atomic E-state index is 0.145. The lowest BCUT2D eigenvalue weighted by molar-refractivity contribution is 1.17. The Morgan fingerprint density at radius 2 is 2.27 bits per heavy atom. The van der Waals surface area contributed by atoms with Crippen molar-refractivity contribution in [3.8, 4) is 9.85 Å². The molecule has 0 amide bonds. The maximum atomic E-state index is 5.58. The number of nitrogens with two attached hydrogens (primary N) is 1. The van der Waals surface area contributed by atoms with Crippen molar-refractivity contribution in [1.82, 2.24) is 9.97 Å². The molecule has 0 bridgehead atoms. The highest BCUT2D eigenvalue weighted by atomic mass is 127. The van der Waals surface area contributed by atoms with Gasteiger partial charge in [0.1, 0.15) is 10.8 Å². The molecule has 1 rings (SSSR count). The van der Waals surface area contributed by atoms with Crippen molar-refractivity contribution in [2.24, 2.45) is 0 Å². The van der Waals surface area contributed by atoms with Crippen molar-refractivity contribution in [2.45, 2.75) is 0 Å². The minimum absolute atomic E-state index is 0.145. The predicted octanol–water partition coefficient (Wildman–Crippen LogP) is 1.46. The molecule has 2 N–H and O–H groups in total. The SMILES string of the molecule is Nc1nc(Cl)cc(C#CI)n1. The van der Waals surface area contributed by atoms with Crippen LogP contribution in [0.15, 0.2) is 6.07 Å². The second-order valence-electron chi connectivity index (χ2n) is 1.65. The van der Waals surface area contributed by atoms with Gasteiger partial charge in [-0.15, -0.1) is 0 Å². The number of nitrogen functional groups attached to an aromatic ring is 1. The quantitative estimate of drug-likeness (QED) is 0.444. The highest BCUT2D eigenvalue weighted by Crippen LogP contribution is 2.06. The van der Waals surface area contributed by atoms with Gasteiger partial charge in [0.25, 0.3) is 0 Å². The lowest BCUT2D eigenvalue weighted by Crippen LogP contribution is -1.96. The first-order valence-electron chi connectivity index (χ1n) is 2.64. The normalized spacial score (nSPS) is 8.55.